The van der Waals surface area contributed by atoms with Crippen LogP contribution in [-0.2, 0) is 13.6 Å². The van der Waals surface area contributed by atoms with Gasteiger partial charge in [-0.3, -0.25) is 19.5 Å². The zero-order valence-corrected chi connectivity index (χ0v) is 16.7. The van der Waals surface area contributed by atoms with E-state index >= 15 is 0 Å². The van der Waals surface area contributed by atoms with Gasteiger partial charge >= 0.3 is 0 Å². The molecule has 146 valence electrons. The molecule has 1 saturated heterocycles. The monoisotopic (exact) mass is 378 g/mol. The zero-order chi connectivity index (χ0) is 19.5. The Morgan fingerprint density at radius 3 is 2.57 bits per heavy atom. The second kappa shape index (κ2) is 8.06. The number of rotatable bonds is 5. The van der Waals surface area contributed by atoms with E-state index in [9.17, 15) is 0 Å². The van der Waals surface area contributed by atoms with Crippen molar-refractivity contribution in [3.05, 3.63) is 59.6 Å². The molecule has 0 saturated carbocycles. The Kier molecular flexibility index (Phi) is 5.34. The third-order valence-corrected chi connectivity index (χ3v) is 5.56. The van der Waals surface area contributed by atoms with Crippen LogP contribution in [0.1, 0.15) is 41.4 Å². The van der Waals surface area contributed by atoms with Gasteiger partial charge in [0.2, 0.25) is 5.88 Å². The average molecular weight is 378 g/mol. The summed E-state index contributed by atoms with van der Waals surface area (Å²) in [6, 6.07) is 3.79. The maximum absolute atomic E-state index is 6.07. The predicted octanol–water partition coefficient (Wildman–Crippen LogP) is 3.39. The van der Waals surface area contributed by atoms with Crippen molar-refractivity contribution in [3.63, 3.8) is 0 Å². The SMILES string of the molecule is Cc1ncccc1Oc1nccnc1C1CCN(Cc2cnn(C)c2C)CC1. The number of pyridine rings is 1. The number of piperidine rings is 1. The fraction of sp³-hybridized carbons (Fsp3) is 0.429. The van der Waals surface area contributed by atoms with E-state index in [2.05, 4.69) is 31.9 Å². The lowest BCUT2D eigenvalue weighted by molar-refractivity contribution is 0.201. The number of aryl methyl sites for hydroxylation is 2. The molecule has 0 spiro atoms. The largest absolute Gasteiger partial charge is 0.435 e. The van der Waals surface area contributed by atoms with Gasteiger partial charge < -0.3 is 4.74 Å². The van der Waals surface area contributed by atoms with Gasteiger partial charge in [-0.1, -0.05) is 0 Å². The Morgan fingerprint density at radius 2 is 1.86 bits per heavy atom. The van der Waals surface area contributed by atoms with Crippen LogP contribution >= 0.6 is 0 Å². The van der Waals surface area contributed by atoms with Crippen LogP contribution in [0.2, 0.25) is 0 Å². The van der Waals surface area contributed by atoms with E-state index < -0.39 is 0 Å². The second-order valence-electron chi connectivity index (χ2n) is 7.36. The average Bonchev–Trinajstić information content (AvgIpc) is 3.03. The molecule has 3 aromatic heterocycles. The van der Waals surface area contributed by atoms with Crippen LogP contribution in [0.5, 0.6) is 11.6 Å². The number of likely N-dealkylation sites (tertiary alicyclic amines) is 1. The first-order valence-corrected chi connectivity index (χ1v) is 9.72. The highest BCUT2D eigenvalue weighted by atomic mass is 16.5. The minimum absolute atomic E-state index is 0.354. The maximum Gasteiger partial charge on any atom is 0.241 e. The second-order valence-corrected chi connectivity index (χ2v) is 7.36. The van der Waals surface area contributed by atoms with Crippen LogP contribution in [0, 0.1) is 13.8 Å². The summed E-state index contributed by atoms with van der Waals surface area (Å²) in [5.41, 5.74) is 4.33. The van der Waals surface area contributed by atoms with E-state index in [1.165, 1.54) is 11.3 Å². The number of hydrogen-bond acceptors (Lipinski definition) is 6. The smallest absolute Gasteiger partial charge is 0.241 e. The lowest BCUT2D eigenvalue weighted by Crippen LogP contribution is -2.33. The number of ether oxygens (including phenoxy) is 1. The lowest BCUT2D eigenvalue weighted by Gasteiger charge is -2.31. The Hall–Kier alpha value is -2.80. The summed E-state index contributed by atoms with van der Waals surface area (Å²) >= 11 is 0. The van der Waals surface area contributed by atoms with Crippen molar-refractivity contribution in [3.8, 4) is 11.6 Å². The Bertz CT molecular complexity index is 946. The zero-order valence-electron chi connectivity index (χ0n) is 16.7. The fourth-order valence-corrected chi connectivity index (χ4v) is 3.68. The first-order valence-electron chi connectivity index (χ1n) is 9.72. The van der Waals surface area contributed by atoms with Gasteiger partial charge in [0.15, 0.2) is 5.75 Å². The van der Waals surface area contributed by atoms with Crippen molar-refractivity contribution >= 4 is 0 Å². The van der Waals surface area contributed by atoms with Gasteiger partial charge in [0.1, 0.15) is 5.69 Å². The minimum Gasteiger partial charge on any atom is -0.435 e. The third-order valence-electron chi connectivity index (χ3n) is 5.56. The number of aromatic nitrogens is 5. The molecule has 1 aliphatic rings. The van der Waals surface area contributed by atoms with E-state index in [1.807, 2.05) is 37.0 Å². The molecule has 4 heterocycles. The minimum atomic E-state index is 0.354. The van der Waals surface area contributed by atoms with Crippen molar-refractivity contribution < 1.29 is 4.74 Å². The molecule has 3 aromatic rings. The van der Waals surface area contributed by atoms with E-state index in [-0.39, 0.29) is 0 Å². The molecule has 4 rings (SSSR count). The normalized spacial score (nSPS) is 15.7. The first kappa shape index (κ1) is 18.6. The Labute approximate surface area is 165 Å². The van der Waals surface area contributed by atoms with Crippen LogP contribution in [0.3, 0.4) is 0 Å². The summed E-state index contributed by atoms with van der Waals surface area (Å²) in [5.74, 6) is 1.68. The summed E-state index contributed by atoms with van der Waals surface area (Å²) in [7, 11) is 1.99. The van der Waals surface area contributed by atoms with E-state index in [0.29, 0.717) is 11.8 Å². The standard InChI is InChI=1S/C21H26N6O/c1-15-19(5-4-8-22-15)28-21-20(23-9-10-24-21)17-6-11-27(12-7-17)14-18-13-25-26(3)16(18)2/h4-5,8-10,13,17H,6-7,11-12,14H2,1-3H3. The molecule has 0 aliphatic carbocycles. The molecular weight excluding hydrogens is 352 g/mol. The van der Waals surface area contributed by atoms with Gasteiger partial charge in [0.25, 0.3) is 0 Å². The molecule has 1 aliphatic heterocycles. The van der Waals surface area contributed by atoms with Crippen molar-refractivity contribution in [2.24, 2.45) is 7.05 Å². The molecule has 0 N–H and O–H groups in total. The van der Waals surface area contributed by atoms with Gasteiger partial charge in [-0.25, -0.2) is 4.98 Å². The van der Waals surface area contributed by atoms with Crippen molar-refractivity contribution in [2.45, 2.75) is 39.2 Å². The quantitative estimate of drug-likeness (QED) is 0.678. The molecule has 7 heteroatoms. The van der Waals surface area contributed by atoms with Crippen LogP contribution in [0.15, 0.2) is 36.9 Å². The van der Waals surface area contributed by atoms with Crippen LogP contribution in [0.25, 0.3) is 0 Å². The molecular formula is C21H26N6O. The van der Waals surface area contributed by atoms with Gasteiger partial charge in [0, 0.05) is 49.4 Å². The summed E-state index contributed by atoms with van der Waals surface area (Å²) < 4.78 is 8.01. The van der Waals surface area contributed by atoms with Crippen LogP contribution < -0.4 is 4.74 Å². The van der Waals surface area contributed by atoms with Gasteiger partial charge in [-0.2, -0.15) is 5.10 Å². The number of hydrogen-bond donors (Lipinski definition) is 0. The summed E-state index contributed by atoms with van der Waals surface area (Å²) in [6.07, 6.45) is 9.26. The molecule has 28 heavy (non-hydrogen) atoms. The molecule has 0 bridgehead atoms. The fourth-order valence-electron chi connectivity index (χ4n) is 3.68. The summed E-state index contributed by atoms with van der Waals surface area (Å²) in [4.78, 5) is 15.8. The summed E-state index contributed by atoms with van der Waals surface area (Å²) in [6.45, 7) is 7.07. The molecule has 0 amide bonds. The highest BCUT2D eigenvalue weighted by molar-refractivity contribution is 5.33. The Morgan fingerprint density at radius 1 is 1.07 bits per heavy atom. The predicted molar refractivity (Wildman–Crippen MR) is 106 cm³/mol. The topological polar surface area (TPSA) is 69.0 Å². The number of nitrogens with zero attached hydrogens (tertiary/aromatic N) is 6. The third kappa shape index (κ3) is 3.89. The van der Waals surface area contributed by atoms with Crippen molar-refractivity contribution in [1.29, 1.82) is 0 Å². The van der Waals surface area contributed by atoms with E-state index in [4.69, 9.17) is 4.74 Å². The highest BCUT2D eigenvalue weighted by Crippen LogP contribution is 2.34. The summed E-state index contributed by atoms with van der Waals surface area (Å²) in [5, 5.41) is 4.35. The van der Waals surface area contributed by atoms with Gasteiger partial charge in [-0.05, 0) is 51.9 Å². The molecule has 1 fully saturated rings. The molecule has 7 nitrogen and oxygen atoms in total. The molecule has 0 radical (unpaired) electrons. The first-order chi connectivity index (χ1) is 13.6. The van der Waals surface area contributed by atoms with Gasteiger partial charge in [-0.15, -0.1) is 0 Å². The van der Waals surface area contributed by atoms with Crippen molar-refractivity contribution in [1.82, 2.24) is 29.6 Å². The molecule has 0 unspecified atom stereocenters. The van der Waals surface area contributed by atoms with Crippen LogP contribution in [0.4, 0.5) is 0 Å². The van der Waals surface area contributed by atoms with Gasteiger partial charge in [0.05, 0.1) is 11.9 Å². The van der Waals surface area contributed by atoms with E-state index in [1.54, 1.807) is 18.6 Å². The van der Waals surface area contributed by atoms with Crippen molar-refractivity contribution in [2.75, 3.05) is 13.1 Å². The molecule has 0 aromatic carbocycles. The highest BCUT2D eigenvalue weighted by Gasteiger charge is 2.26. The van der Waals surface area contributed by atoms with E-state index in [0.717, 1.165) is 49.6 Å². The lowest BCUT2D eigenvalue weighted by atomic mass is 9.93. The van der Waals surface area contributed by atoms with Crippen LogP contribution in [-0.4, -0.2) is 42.7 Å². The Balaban J connectivity index is 1.43. The molecule has 0 atom stereocenters. The maximum atomic E-state index is 6.07.